The summed E-state index contributed by atoms with van der Waals surface area (Å²) in [6.45, 7) is 2.02. The molecule has 0 aromatic heterocycles. The van der Waals surface area contributed by atoms with Gasteiger partial charge in [-0.2, -0.15) is 0 Å². The number of hydrogen-bond donors (Lipinski definition) is 2. The molecule has 108 valence electrons. The van der Waals surface area contributed by atoms with Crippen LogP contribution >= 0.6 is 0 Å². The molecule has 0 radical (unpaired) electrons. The van der Waals surface area contributed by atoms with Gasteiger partial charge in [0.05, 0.1) is 0 Å². The van der Waals surface area contributed by atoms with E-state index < -0.39 is 17.6 Å². The summed E-state index contributed by atoms with van der Waals surface area (Å²) in [4.78, 5) is 23.6. The number of halogens is 1. The lowest BCUT2D eigenvalue weighted by Gasteiger charge is -2.08. The van der Waals surface area contributed by atoms with Gasteiger partial charge in [0.2, 0.25) is 0 Å². The largest absolute Gasteiger partial charge is 0.269 e. The van der Waals surface area contributed by atoms with Crippen LogP contribution in [-0.2, 0) is 6.42 Å². The predicted octanol–water partition coefficient (Wildman–Crippen LogP) is 2.46. The van der Waals surface area contributed by atoms with E-state index in [1.807, 2.05) is 19.1 Å². The van der Waals surface area contributed by atoms with Crippen molar-refractivity contribution in [1.29, 1.82) is 0 Å². The van der Waals surface area contributed by atoms with Crippen molar-refractivity contribution in [3.05, 3.63) is 71.0 Å². The van der Waals surface area contributed by atoms with Gasteiger partial charge in [0.25, 0.3) is 11.8 Å². The maximum absolute atomic E-state index is 13.0. The number of amides is 2. The van der Waals surface area contributed by atoms with Crippen LogP contribution in [0.4, 0.5) is 4.39 Å². The fourth-order valence-corrected chi connectivity index (χ4v) is 1.78. The lowest BCUT2D eigenvalue weighted by atomic mass is 10.1. The van der Waals surface area contributed by atoms with Crippen LogP contribution in [0.5, 0.6) is 0 Å². The first kappa shape index (κ1) is 14.7. The molecule has 5 heteroatoms. The third kappa shape index (κ3) is 3.89. The lowest BCUT2D eigenvalue weighted by molar-refractivity contribution is 0.0846. The first-order chi connectivity index (χ1) is 10.1. The summed E-state index contributed by atoms with van der Waals surface area (Å²) >= 11 is 0. The molecule has 2 N–H and O–H groups in total. The molecule has 4 nitrogen and oxygen atoms in total. The summed E-state index contributed by atoms with van der Waals surface area (Å²) in [5, 5.41) is 0. The highest BCUT2D eigenvalue weighted by atomic mass is 19.1. The molecule has 0 saturated heterocycles. The smallest absolute Gasteiger partial charge is 0.267 e. The molecule has 0 atom stereocenters. The minimum atomic E-state index is -0.576. The van der Waals surface area contributed by atoms with Crippen LogP contribution in [0.1, 0.15) is 33.2 Å². The summed E-state index contributed by atoms with van der Waals surface area (Å²) in [6, 6.07) is 12.3. The minimum absolute atomic E-state index is 0.136. The van der Waals surface area contributed by atoms with Gasteiger partial charge in [-0.15, -0.1) is 0 Å². The van der Waals surface area contributed by atoms with Crippen molar-refractivity contribution in [2.24, 2.45) is 0 Å². The van der Waals surface area contributed by atoms with Gasteiger partial charge < -0.3 is 0 Å². The average Bonchev–Trinajstić information content (AvgIpc) is 2.52. The van der Waals surface area contributed by atoms with E-state index in [2.05, 4.69) is 10.9 Å². The van der Waals surface area contributed by atoms with Gasteiger partial charge in [0.1, 0.15) is 5.82 Å². The number of nitrogens with one attached hydrogen (secondary N) is 2. The molecule has 2 rings (SSSR count). The van der Waals surface area contributed by atoms with E-state index in [1.54, 1.807) is 12.1 Å². The molecule has 2 amide bonds. The molecule has 0 fully saturated rings. The Hall–Kier alpha value is -2.69. The van der Waals surface area contributed by atoms with E-state index in [0.29, 0.717) is 5.56 Å². The average molecular weight is 286 g/mol. The normalized spacial score (nSPS) is 10.0. The SMILES string of the molecule is CCc1ccc(C(=O)NNC(=O)c2cccc(F)c2)cc1. The number of rotatable bonds is 3. The molecule has 21 heavy (non-hydrogen) atoms. The van der Waals surface area contributed by atoms with Gasteiger partial charge in [-0.3, -0.25) is 20.4 Å². The third-order valence-corrected chi connectivity index (χ3v) is 3.00. The Morgan fingerprint density at radius 2 is 1.57 bits per heavy atom. The number of carbonyl (C=O) groups is 2. The molecule has 0 spiro atoms. The van der Waals surface area contributed by atoms with Crippen LogP contribution in [0.15, 0.2) is 48.5 Å². The maximum Gasteiger partial charge on any atom is 0.269 e. The Balaban J connectivity index is 1.95. The standard InChI is InChI=1S/C16H15FN2O2/c1-2-11-6-8-12(9-7-11)15(20)18-19-16(21)13-4-3-5-14(17)10-13/h3-10H,2H2,1H3,(H,18,20)(H,19,21). The number of hydrazine groups is 1. The quantitative estimate of drug-likeness (QED) is 0.852. The van der Waals surface area contributed by atoms with Crippen LogP contribution in [0, 0.1) is 5.82 Å². The second-order valence-corrected chi connectivity index (χ2v) is 4.47. The molecule has 0 saturated carbocycles. The first-order valence-corrected chi connectivity index (χ1v) is 6.55. The molecule has 0 bridgehead atoms. The molecule has 0 aliphatic rings. The molecule has 0 heterocycles. The Kier molecular flexibility index (Phi) is 4.66. The first-order valence-electron chi connectivity index (χ1n) is 6.55. The van der Waals surface area contributed by atoms with Gasteiger partial charge in [-0.1, -0.05) is 25.1 Å². The van der Waals surface area contributed by atoms with Crippen LogP contribution in [0.2, 0.25) is 0 Å². The Morgan fingerprint density at radius 3 is 2.14 bits per heavy atom. The number of carbonyl (C=O) groups excluding carboxylic acids is 2. The monoisotopic (exact) mass is 286 g/mol. The molecule has 0 aliphatic carbocycles. The van der Waals surface area contributed by atoms with E-state index in [4.69, 9.17) is 0 Å². The summed E-state index contributed by atoms with van der Waals surface area (Å²) in [6.07, 6.45) is 0.887. The van der Waals surface area contributed by atoms with Crippen LogP contribution in [0.3, 0.4) is 0 Å². The van der Waals surface area contributed by atoms with Crippen molar-refractivity contribution in [2.45, 2.75) is 13.3 Å². The fourth-order valence-electron chi connectivity index (χ4n) is 1.78. The van der Waals surface area contributed by atoms with Crippen molar-refractivity contribution in [1.82, 2.24) is 10.9 Å². The van der Waals surface area contributed by atoms with E-state index in [-0.39, 0.29) is 5.56 Å². The van der Waals surface area contributed by atoms with Gasteiger partial charge >= 0.3 is 0 Å². The summed E-state index contributed by atoms with van der Waals surface area (Å²) < 4.78 is 13.0. The lowest BCUT2D eigenvalue weighted by Crippen LogP contribution is -2.41. The highest BCUT2D eigenvalue weighted by Gasteiger charge is 2.09. The number of aryl methyl sites for hydroxylation is 1. The summed E-state index contributed by atoms with van der Waals surface area (Å²) in [7, 11) is 0. The highest BCUT2D eigenvalue weighted by Crippen LogP contribution is 2.05. The molecule has 0 aliphatic heterocycles. The Labute approximate surface area is 122 Å². The Morgan fingerprint density at radius 1 is 0.952 bits per heavy atom. The van der Waals surface area contributed by atoms with Crippen LogP contribution < -0.4 is 10.9 Å². The Bertz CT molecular complexity index is 654. The van der Waals surface area contributed by atoms with Gasteiger partial charge in [-0.05, 0) is 42.3 Å². The number of benzene rings is 2. The molecule has 2 aromatic carbocycles. The van der Waals surface area contributed by atoms with Crippen molar-refractivity contribution < 1.29 is 14.0 Å². The van der Waals surface area contributed by atoms with Crippen LogP contribution in [0.25, 0.3) is 0 Å². The zero-order valence-electron chi connectivity index (χ0n) is 11.5. The fraction of sp³-hybridized carbons (Fsp3) is 0.125. The molecule has 2 aromatic rings. The topological polar surface area (TPSA) is 58.2 Å². The highest BCUT2D eigenvalue weighted by molar-refractivity contribution is 5.99. The van der Waals surface area contributed by atoms with Crippen molar-refractivity contribution in [3.8, 4) is 0 Å². The van der Waals surface area contributed by atoms with Gasteiger partial charge in [0, 0.05) is 11.1 Å². The van der Waals surface area contributed by atoms with E-state index >= 15 is 0 Å². The maximum atomic E-state index is 13.0. The van der Waals surface area contributed by atoms with Crippen molar-refractivity contribution in [2.75, 3.05) is 0 Å². The van der Waals surface area contributed by atoms with Crippen LogP contribution in [-0.4, -0.2) is 11.8 Å². The molecular formula is C16H15FN2O2. The number of hydrogen-bond acceptors (Lipinski definition) is 2. The van der Waals surface area contributed by atoms with E-state index in [9.17, 15) is 14.0 Å². The van der Waals surface area contributed by atoms with E-state index in [0.717, 1.165) is 18.1 Å². The summed E-state index contributed by atoms with van der Waals surface area (Å²) in [5.74, 6) is -1.51. The minimum Gasteiger partial charge on any atom is -0.267 e. The zero-order valence-corrected chi connectivity index (χ0v) is 11.5. The van der Waals surface area contributed by atoms with Gasteiger partial charge in [0.15, 0.2) is 0 Å². The molecular weight excluding hydrogens is 271 g/mol. The zero-order chi connectivity index (χ0) is 15.2. The predicted molar refractivity (Wildman–Crippen MR) is 77.2 cm³/mol. The van der Waals surface area contributed by atoms with Crippen molar-refractivity contribution >= 4 is 11.8 Å². The van der Waals surface area contributed by atoms with Crippen molar-refractivity contribution in [3.63, 3.8) is 0 Å². The second-order valence-electron chi connectivity index (χ2n) is 4.47. The van der Waals surface area contributed by atoms with E-state index in [1.165, 1.54) is 18.2 Å². The third-order valence-electron chi connectivity index (χ3n) is 3.00. The summed E-state index contributed by atoms with van der Waals surface area (Å²) in [5.41, 5.74) is 6.23. The molecule has 0 unspecified atom stereocenters. The second kappa shape index (κ2) is 6.65. The van der Waals surface area contributed by atoms with Gasteiger partial charge in [-0.25, -0.2) is 4.39 Å².